The molecule has 0 saturated carbocycles. The van der Waals surface area contributed by atoms with Crippen LogP contribution in [-0.2, 0) is 28.4 Å². The molecule has 0 aliphatic rings. The van der Waals surface area contributed by atoms with E-state index in [4.69, 9.17) is 14.2 Å². The number of aryl methyl sites for hydroxylation is 2. The second-order valence-electron chi connectivity index (χ2n) is 15.0. The van der Waals surface area contributed by atoms with Crippen LogP contribution in [0.25, 0.3) is 0 Å². The molecular weight excluding hydrogens is 663 g/mol. The molecule has 0 bridgehead atoms. The van der Waals surface area contributed by atoms with Crippen molar-refractivity contribution in [3.05, 3.63) is 191 Å². The van der Waals surface area contributed by atoms with Gasteiger partial charge in [0.25, 0.3) is 0 Å². The van der Waals surface area contributed by atoms with Crippen molar-refractivity contribution < 1.29 is 23.0 Å². The van der Waals surface area contributed by atoms with E-state index in [0.29, 0.717) is 34.1 Å². The summed E-state index contributed by atoms with van der Waals surface area (Å²) in [5, 5.41) is 0. The van der Waals surface area contributed by atoms with Crippen LogP contribution < -0.4 is 9.47 Å². The number of benzene rings is 6. The van der Waals surface area contributed by atoms with Crippen LogP contribution >= 0.6 is 0 Å². The summed E-state index contributed by atoms with van der Waals surface area (Å²) in [6, 6.07) is 45.4. The van der Waals surface area contributed by atoms with Crippen LogP contribution in [0.15, 0.2) is 146 Å². The van der Waals surface area contributed by atoms with E-state index in [2.05, 4.69) is 90.1 Å². The molecule has 2 unspecified atom stereocenters. The second kappa shape index (κ2) is 16.2. The van der Waals surface area contributed by atoms with Gasteiger partial charge in [-0.15, -0.1) is 0 Å². The highest BCUT2D eigenvalue weighted by atomic mass is 19.1. The average Bonchev–Trinajstić information content (AvgIpc) is 3.14. The number of rotatable bonds is 14. The van der Waals surface area contributed by atoms with Crippen LogP contribution in [-0.4, -0.2) is 12.2 Å². The maximum Gasteiger partial charge on any atom is 0.127 e. The summed E-state index contributed by atoms with van der Waals surface area (Å²) in [6.07, 6.45) is -0.570. The Bertz CT molecular complexity index is 1940. The molecule has 0 aromatic heterocycles. The quantitative estimate of drug-likeness (QED) is 0.113. The molecule has 5 heteroatoms. The van der Waals surface area contributed by atoms with Crippen LogP contribution in [0.3, 0.4) is 0 Å². The molecule has 0 radical (unpaired) electrons. The molecule has 0 N–H and O–H groups in total. The first-order chi connectivity index (χ1) is 25.4. The molecule has 2 atom stereocenters. The minimum atomic E-state index is -0.588. The Balaban J connectivity index is 1.41. The molecule has 0 aliphatic carbocycles. The summed E-state index contributed by atoms with van der Waals surface area (Å²) < 4.78 is 51.3. The van der Waals surface area contributed by atoms with E-state index in [1.807, 2.05) is 60.7 Å². The Kier molecular flexibility index (Phi) is 11.4. The Morgan fingerprint density at radius 2 is 0.811 bits per heavy atom. The molecule has 6 rings (SSSR count). The van der Waals surface area contributed by atoms with Crippen LogP contribution in [0.1, 0.15) is 61.1 Å². The van der Waals surface area contributed by atoms with Crippen molar-refractivity contribution in [3.63, 3.8) is 0 Å². The predicted molar refractivity (Wildman–Crippen MR) is 210 cm³/mol. The fraction of sp³-hybridized carbons (Fsp3) is 0.250. The smallest absolute Gasteiger partial charge is 0.127 e. The van der Waals surface area contributed by atoms with Gasteiger partial charge in [0.1, 0.15) is 34.6 Å². The van der Waals surface area contributed by atoms with Crippen molar-refractivity contribution in [1.29, 1.82) is 0 Å². The topological polar surface area (TPSA) is 27.7 Å². The lowest BCUT2D eigenvalue weighted by molar-refractivity contribution is -0.0758. The van der Waals surface area contributed by atoms with Gasteiger partial charge in [0.15, 0.2) is 0 Å². The highest BCUT2D eigenvalue weighted by Gasteiger charge is 2.40. The first-order valence-electron chi connectivity index (χ1n) is 18.2. The van der Waals surface area contributed by atoms with Gasteiger partial charge in [-0.3, -0.25) is 0 Å². The van der Waals surface area contributed by atoms with E-state index >= 15 is 8.78 Å². The average molecular weight is 711 g/mol. The molecule has 272 valence electrons. The van der Waals surface area contributed by atoms with Gasteiger partial charge >= 0.3 is 0 Å². The van der Waals surface area contributed by atoms with E-state index in [1.165, 1.54) is 12.1 Å². The lowest BCUT2D eigenvalue weighted by Gasteiger charge is -2.43. The van der Waals surface area contributed by atoms with Crippen molar-refractivity contribution in [2.75, 3.05) is 0 Å². The molecule has 0 aliphatic heterocycles. The molecule has 6 aromatic rings. The van der Waals surface area contributed by atoms with Gasteiger partial charge in [-0.05, 0) is 96.8 Å². The highest BCUT2D eigenvalue weighted by molar-refractivity contribution is 5.39. The predicted octanol–water partition coefficient (Wildman–Crippen LogP) is 12.7. The third-order valence-corrected chi connectivity index (χ3v) is 10.3. The molecular formula is C48H48F2O3. The van der Waals surface area contributed by atoms with Crippen LogP contribution in [0.2, 0.25) is 0 Å². The molecule has 0 spiro atoms. The number of ether oxygens (including phenoxy) is 3. The number of hydrogen-bond acceptors (Lipinski definition) is 3. The van der Waals surface area contributed by atoms with Crippen LogP contribution in [0, 0.1) is 25.5 Å². The van der Waals surface area contributed by atoms with Crippen LogP contribution in [0.5, 0.6) is 23.0 Å². The molecule has 0 saturated heterocycles. The van der Waals surface area contributed by atoms with Crippen LogP contribution in [0.4, 0.5) is 8.78 Å². The standard InChI is InChI=1S/C48H48F2O3/c1-33-17-21-37(22-18-33)47(3,4)45(31-35-29-41(25-27-43(35)49)51-39-13-9-7-10-14-39)53-46(48(5,6)38-23-19-34(2)20-24-38)32-36-30-42(26-28-44(36)50)52-40-15-11-8-12-16-40/h7-30,45-46H,31-32H2,1-6H3. The first-order valence-corrected chi connectivity index (χ1v) is 18.2. The second-order valence-corrected chi connectivity index (χ2v) is 15.0. The summed E-state index contributed by atoms with van der Waals surface area (Å²) in [5.41, 5.74) is 4.17. The Morgan fingerprint density at radius 3 is 1.17 bits per heavy atom. The maximum absolute atomic E-state index is 15.8. The van der Waals surface area contributed by atoms with E-state index < -0.39 is 23.0 Å². The zero-order chi connectivity index (χ0) is 37.6. The van der Waals surface area contributed by atoms with E-state index in [1.54, 1.807) is 24.3 Å². The highest BCUT2D eigenvalue weighted by Crippen LogP contribution is 2.39. The van der Waals surface area contributed by atoms with E-state index in [-0.39, 0.29) is 24.5 Å². The third kappa shape index (κ3) is 9.22. The fourth-order valence-corrected chi connectivity index (χ4v) is 6.67. The monoisotopic (exact) mass is 710 g/mol. The summed E-state index contributed by atoms with van der Waals surface area (Å²) in [6.45, 7) is 12.7. The summed E-state index contributed by atoms with van der Waals surface area (Å²) in [5.74, 6) is 1.72. The van der Waals surface area contributed by atoms with Crippen molar-refractivity contribution in [3.8, 4) is 23.0 Å². The normalized spacial score (nSPS) is 13.0. The van der Waals surface area contributed by atoms with Gasteiger partial charge < -0.3 is 14.2 Å². The third-order valence-electron chi connectivity index (χ3n) is 10.3. The zero-order valence-corrected chi connectivity index (χ0v) is 31.4. The van der Waals surface area contributed by atoms with Gasteiger partial charge in [-0.2, -0.15) is 0 Å². The Labute approximate surface area is 313 Å². The van der Waals surface area contributed by atoms with Gasteiger partial charge in [0, 0.05) is 23.7 Å². The lowest BCUT2D eigenvalue weighted by Crippen LogP contribution is -2.47. The minimum Gasteiger partial charge on any atom is -0.457 e. The fourth-order valence-electron chi connectivity index (χ4n) is 6.67. The van der Waals surface area contributed by atoms with Crippen molar-refractivity contribution in [2.45, 2.75) is 77.4 Å². The molecule has 53 heavy (non-hydrogen) atoms. The summed E-state index contributed by atoms with van der Waals surface area (Å²) in [4.78, 5) is 0. The van der Waals surface area contributed by atoms with E-state index in [0.717, 1.165) is 22.3 Å². The Hall–Kier alpha value is -5.26. The lowest BCUT2D eigenvalue weighted by atomic mass is 9.74. The van der Waals surface area contributed by atoms with Crippen molar-refractivity contribution >= 4 is 0 Å². The molecule has 0 amide bonds. The summed E-state index contributed by atoms with van der Waals surface area (Å²) >= 11 is 0. The summed E-state index contributed by atoms with van der Waals surface area (Å²) in [7, 11) is 0. The van der Waals surface area contributed by atoms with Gasteiger partial charge in [-0.25, -0.2) is 8.78 Å². The van der Waals surface area contributed by atoms with Crippen molar-refractivity contribution in [1.82, 2.24) is 0 Å². The van der Waals surface area contributed by atoms with Crippen molar-refractivity contribution in [2.24, 2.45) is 0 Å². The number of halogens is 2. The molecule has 3 nitrogen and oxygen atoms in total. The minimum absolute atomic E-state index is 0.249. The number of para-hydroxylation sites is 2. The molecule has 6 aromatic carbocycles. The number of hydrogen-bond donors (Lipinski definition) is 0. The molecule has 0 heterocycles. The molecule has 0 fully saturated rings. The first kappa shape index (κ1) is 37.5. The Morgan fingerprint density at radius 1 is 0.453 bits per heavy atom. The van der Waals surface area contributed by atoms with E-state index in [9.17, 15) is 0 Å². The van der Waals surface area contributed by atoms with Gasteiger partial charge in [-0.1, -0.05) is 124 Å². The largest absolute Gasteiger partial charge is 0.457 e. The SMILES string of the molecule is Cc1ccc(C(C)(C)C(Cc2cc(Oc3ccccc3)ccc2F)OC(Cc2cc(Oc3ccccc3)ccc2F)C(C)(C)c2ccc(C)cc2)cc1. The zero-order valence-electron chi connectivity index (χ0n) is 31.4. The maximum atomic E-state index is 15.8. The van der Waals surface area contributed by atoms with Gasteiger partial charge in [0.2, 0.25) is 0 Å². The van der Waals surface area contributed by atoms with Gasteiger partial charge in [0.05, 0.1) is 12.2 Å².